The number of hydrogen-bond acceptors (Lipinski definition) is 3. The Hall–Kier alpha value is -1.60. The van der Waals surface area contributed by atoms with Gasteiger partial charge in [0.1, 0.15) is 6.61 Å². The largest absolute Gasteiger partial charge is 0.411 e. The fourth-order valence-corrected chi connectivity index (χ4v) is 1.88. The Morgan fingerprint density at radius 1 is 1.42 bits per heavy atom. The first-order valence-electron chi connectivity index (χ1n) is 5.68. The maximum atomic E-state index is 11.9. The van der Waals surface area contributed by atoms with Crippen molar-refractivity contribution in [1.82, 2.24) is 0 Å². The Bertz CT molecular complexity index is 488. The van der Waals surface area contributed by atoms with Crippen molar-refractivity contribution >= 4 is 11.6 Å². The number of benzene rings is 1. The highest BCUT2D eigenvalue weighted by Gasteiger charge is 2.28. The van der Waals surface area contributed by atoms with Gasteiger partial charge in [-0.25, -0.2) is 0 Å². The van der Waals surface area contributed by atoms with Gasteiger partial charge in [-0.15, -0.1) is 0 Å². The number of anilines is 1. The molecule has 0 saturated carbocycles. The summed E-state index contributed by atoms with van der Waals surface area (Å²) >= 11 is 0. The minimum atomic E-state index is -4.35. The number of carbonyl (C=O) groups is 1. The molecule has 1 aliphatic rings. The van der Waals surface area contributed by atoms with Crippen LogP contribution in [-0.2, 0) is 16.0 Å². The van der Waals surface area contributed by atoms with E-state index in [1.165, 1.54) is 0 Å². The van der Waals surface area contributed by atoms with E-state index in [1.807, 2.05) is 0 Å². The summed E-state index contributed by atoms with van der Waals surface area (Å²) in [5, 5.41) is 2.67. The van der Waals surface area contributed by atoms with Crippen molar-refractivity contribution in [1.29, 1.82) is 0 Å². The van der Waals surface area contributed by atoms with Crippen LogP contribution in [0.15, 0.2) is 18.2 Å². The van der Waals surface area contributed by atoms with Gasteiger partial charge in [-0.05, 0) is 17.2 Å². The summed E-state index contributed by atoms with van der Waals surface area (Å²) in [6.45, 7) is -1.54. The number of amides is 1. The zero-order valence-corrected chi connectivity index (χ0v) is 9.96. The Morgan fingerprint density at radius 2 is 2.16 bits per heavy atom. The smallest absolute Gasteiger partial charge is 0.370 e. The zero-order chi connectivity index (χ0) is 14.0. The molecule has 1 aliphatic heterocycles. The molecular formula is C12H13F3N2O2. The van der Waals surface area contributed by atoms with Crippen molar-refractivity contribution in [3.8, 4) is 0 Å². The molecule has 0 fully saturated rings. The number of halogens is 3. The van der Waals surface area contributed by atoms with Crippen LogP contribution in [0.5, 0.6) is 0 Å². The molecule has 7 heteroatoms. The van der Waals surface area contributed by atoms with Gasteiger partial charge in [0.25, 0.3) is 0 Å². The summed E-state index contributed by atoms with van der Waals surface area (Å²) in [6, 6.07) is 4.43. The lowest BCUT2D eigenvalue weighted by Crippen LogP contribution is -2.23. The minimum Gasteiger partial charge on any atom is -0.370 e. The molecule has 1 amide bonds. The van der Waals surface area contributed by atoms with Crippen molar-refractivity contribution in [3.63, 3.8) is 0 Å². The summed E-state index contributed by atoms with van der Waals surface area (Å²) in [4.78, 5) is 11.2. The third kappa shape index (κ3) is 3.68. The van der Waals surface area contributed by atoms with Crippen molar-refractivity contribution in [3.05, 3.63) is 29.3 Å². The second-order valence-corrected chi connectivity index (χ2v) is 4.38. The number of ether oxygens (including phenoxy) is 1. The second kappa shape index (κ2) is 5.18. The Morgan fingerprint density at radius 3 is 2.84 bits per heavy atom. The molecule has 1 aromatic carbocycles. The van der Waals surface area contributed by atoms with Gasteiger partial charge in [0.05, 0.1) is 19.1 Å². The van der Waals surface area contributed by atoms with Crippen LogP contribution >= 0.6 is 0 Å². The molecule has 1 heterocycles. The lowest BCUT2D eigenvalue weighted by atomic mass is 10.0. The van der Waals surface area contributed by atoms with Crippen LogP contribution in [0.4, 0.5) is 18.9 Å². The van der Waals surface area contributed by atoms with E-state index < -0.39 is 18.8 Å². The first kappa shape index (κ1) is 13.8. The standard InChI is InChI=1S/C12H13F3N2O2/c13-12(14,15)6-19-5-9(16)7-1-2-10-8(3-7)4-11(18)17-10/h1-3,9H,4-6,16H2,(H,17,18). The first-order valence-corrected chi connectivity index (χ1v) is 5.68. The average Bonchev–Trinajstić information content (AvgIpc) is 2.65. The van der Waals surface area contributed by atoms with E-state index >= 15 is 0 Å². The van der Waals surface area contributed by atoms with Crippen LogP contribution in [0, 0.1) is 0 Å². The normalized spacial score (nSPS) is 16.1. The van der Waals surface area contributed by atoms with Crippen LogP contribution in [-0.4, -0.2) is 25.3 Å². The molecule has 1 unspecified atom stereocenters. The van der Waals surface area contributed by atoms with Gasteiger partial charge in [-0.1, -0.05) is 12.1 Å². The average molecular weight is 274 g/mol. The first-order chi connectivity index (χ1) is 8.85. The van der Waals surface area contributed by atoms with Crippen molar-refractivity contribution in [2.24, 2.45) is 5.73 Å². The van der Waals surface area contributed by atoms with Crippen LogP contribution in [0.25, 0.3) is 0 Å². The molecule has 0 saturated heterocycles. The van der Waals surface area contributed by atoms with E-state index in [9.17, 15) is 18.0 Å². The topological polar surface area (TPSA) is 64.3 Å². The van der Waals surface area contributed by atoms with E-state index in [2.05, 4.69) is 10.1 Å². The maximum Gasteiger partial charge on any atom is 0.411 e. The second-order valence-electron chi connectivity index (χ2n) is 4.38. The number of alkyl halides is 3. The fourth-order valence-electron chi connectivity index (χ4n) is 1.88. The van der Waals surface area contributed by atoms with Gasteiger partial charge in [-0.2, -0.15) is 13.2 Å². The monoisotopic (exact) mass is 274 g/mol. The van der Waals surface area contributed by atoms with Crippen molar-refractivity contribution in [2.45, 2.75) is 18.6 Å². The molecule has 1 aromatic rings. The molecule has 0 aliphatic carbocycles. The third-order valence-corrected chi connectivity index (χ3v) is 2.75. The van der Waals surface area contributed by atoms with Crippen LogP contribution in [0.1, 0.15) is 17.2 Å². The van der Waals surface area contributed by atoms with E-state index in [1.54, 1.807) is 18.2 Å². The third-order valence-electron chi connectivity index (χ3n) is 2.75. The molecule has 2 rings (SSSR count). The van der Waals surface area contributed by atoms with E-state index in [0.717, 1.165) is 11.3 Å². The molecule has 3 N–H and O–H groups in total. The summed E-state index contributed by atoms with van der Waals surface area (Å²) < 4.78 is 40.3. The maximum absolute atomic E-state index is 11.9. The zero-order valence-electron chi connectivity index (χ0n) is 9.96. The molecule has 0 aromatic heterocycles. The molecule has 0 bridgehead atoms. The number of nitrogens with two attached hydrogens (primary N) is 1. The summed E-state index contributed by atoms with van der Waals surface area (Å²) in [5.74, 6) is -0.103. The van der Waals surface area contributed by atoms with Gasteiger partial charge >= 0.3 is 6.18 Å². The van der Waals surface area contributed by atoms with E-state index in [4.69, 9.17) is 5.73 Å². The van der Waals surface area contributed by atoms with Gasteiger partial charge in [-0.3, -0.25) is 4.79 Å². The van der Waals surface area contributed by atoms with Crippen LogP contribution in [0.3, 0.4) is 0 Å². The number of hydrogen-bond donors (Lipinski definition) is 2. The lowest BCUT2D eigenvalue weighted by Gasteiger charge is -2.14. The molecule has 0 spiro atoms. The molecule has 4 nitrogen and oxygen atoms in total. The molecule has 104 valence electrons. The SMILES string of the molecule is NC(COCC(F)(F)F)c1ccc2c(c1)CC(=O)N2. The summed E-state index contributed by atoms with van der Waals surface area (Å²) in [5.41, 5.74) is 7.93. The van der Waals surface area contributed by atoms with Gasteiger partial charge < -0.3 is 15.8 Å². The van der Waals surface area contributed by atoms with Crippen LogP contribution < -0.4 is 11.1 Å². The van der Waals surface area contributed by atoms with E-state index in [0.29, 0.717) is 5.56 Å². The van der Waals surface area contributed by atoms with Gasteiger partial charge in [0.15, 0.2) is 0 Å². The highest BCUT2D eigenvalue weighted by Crippen LogP contribution is 2.26. The Balaban J connectivity index is 1.95. The fraction of sp³-hybridized carbons (Fsp3) is 0.417. The predicted octanol–water partition coefficient (Wildman–Crippen LogP) is 1.76. The van der Waals surface area contributed by atoms with Gasteiger partial charge in [0.2, 0.25) is 5.91 Å². The number of carbonyl (C=O) groups excluding carboxylic acids is 1. The van der Waals surface area contributed by atoms with Crippen molar-refractivity contribution in [2.75, 3.05) is 18.5 Å². The number of nitrogens with one attached hydrogen (secondary N) is 1. The van der Waals surface area contributed by atoms with Crippen LogP contribution in [0.2, 0.25) is 0 Å². The van der Waals surface area contributed by atoms with Crippen molar-refractivity contribution < 1.29 is 22.7 Å². The lowest BCUT2D eigenvalue weighted by molar-refractivity contribution is -0.174. The number of fused-ring (bicyclic) bond motifs is 1. The summed E-state index contributed by atoms with van der Waals surface area (Å²) in [7, 11) is 0. The molecule has 0 radical (unpaired) electrons. The Labute approximate surface area is 107 Å². The quantitative estimate of drug-likeness (QED) is 0.879. The Kier molecular flexibility index (Phi) is 3.77. The minimum absolute atomic E-state index is 0.103. The van der Waals surface area contributed by atoms with Gasteiger partial charge in [0, 0.05) is 5.69 Å². The predicted molar refractivity (Wildman–Crippen MR) is 62.6 cm³/mol. The molecular weight excluding hydrogens is 261 g/mol. The number of rotatable bonds is 4. The highest BCUT2D eigenvalue weighted by atomic mass is 19.4. The molecule has 1 atom stereocenters. The highest BCUT2D eigenvalue weighted by molar-refractivity contribution is 5.99. The van der Waals surface area contributed by atoms with E-state index in [-0.39, 0.29) is 18.9 Å². The molecule has 19 heavy (non-hydrogen) atoms. The summed E-state index contributed by atoms with van der Waals surface area (Å²) in [6.07, 6.45) is -4.09.